The molecule has 0 spiro atoms. The molecule has 0 aromatic carbocycles. The van der Waals surface area contributed by atoms with Gasteiger partial charge in [-0.15, -0.1) is 0 Å². The summed E-state index contributed by atoms with van der Waals surface area (Å²) in [6.45, 7) is 8.99. The maximum Gasteiger partial charge on any atom is 0.140 e. The molecule has 0 radical (unpaired) electrons. The number of amidine groups is 1. The van der Waals surface area contributed by atoms with Crippen LogP contribution in [-0.2, 0) is 0 Å². The van der Waals surface area contributed by atoms with Crippen molar-refractivity contribution in [1.29, 1.82) is 0 Å². The van der Waals surface area contributed by atoms with Crippen LogP contribution in [0.1, 0.15) is 33.6 Å². The number of oxime groups is 1. The number of rotatable bonds is 4. The maximum absolute atomic E-state index is 8.51. The second-order valence-electron chi connectivity index (χ2n) is 4.93. The van der Waals surface area contributed by atoms with Crippen molar-refractivity contribution in [3.8, 4) is 0 Å². The molecule has 4 heteroatoms. The molecule has 0 aliphatic carbocycles. The zero-order valence-electron chi connectivity index (χ0n) is 9.98. The Bertz CT molecular complexity index is 228. The van der Waals surface area contributed by atoms with Gasteiger partial charge in [0.15, 0.2) is 0 Å². The van der Waals surface area contributed by atoms with E-state index in [1.807, 2.05) is 0 Å². The molecule has 1 heterocycles. The Morgan fingerprint density at radius 2 is 2.20 bits per heavy atom. The summed E-state index contributed by atoms with van der Waals surface area (Å²) in [5, 5.41) is 11.5. The van der Waals surface area contributed by atoms with Crippen LogP contribution in [0, 0.1) is 11.8 Å². The third kappa shape index (κ3) is 3.38. The molecule has 15 heavy (non-hydrogen) atoms. The van der Waals surface area contributed by atoms with Crippen molar-refractivity contribution in [3.63, 3.8) is 0 Å². The molecule has 1 aliphatic heterocycles. The lowest BCUT2D eigenvalue weighted by molar-refractivity contribution is 0.241. The van der Waals surface area contributed by atoms with Gasteiger partial charge in [-0.25, -0.2) is 0 Å². The van der Waals surface area contributed by atoms with Gasteiger partial charge in [0.25, 0.3) is 0 Å². The largest absolute Gasteiger partial charge is 0.409 e. The summed E-state index contributed by atoms with van der Waals surface area (Å²) < 4.78 is 0. The van der Waals surface area contributed by atoms with Gasteiger partial charge in [0, 0.05) is 19.0 Å². The zero-order valence-corrected chi connectivity index (χ0v) is 9.98. The lowest BCUT2D eigenvalue weighted by Gasteiger charge is -2.24. The summed E-state index contributed by atoms with van der Waals surface area (Å²) in [5.74, 6) is 1.89. The van der Waals surface area contributed by atoms with Crippen molar-refractivity contribution in [3.05, 3.63) is 0 Å². The smallest absolute Gasteiger partial charge is 0.140 e. The van der Waals surface area contributed by atoms with Crippen molar-refractivity contribution in [2.75, 3.05) is 13.1 Å². The number of hydrogen-bond acceptors (Lipinski definition) is 3. The highest BCUT2D eigenvalue weighted by atomic mass is 16.4. The van der Waals surface area contributed by atoms with Crippen molar-refractivity contribution in [1.82, 2.24) is 4.90 Å². The summed E-state index contributed by atoms with van der Waals surface area (Å²) in [6, 6.07) is 0.379. The molecule has 2 unspecified atom stereocenters. The lowest BCUT2D eigenvalue weighted by atomic mass is 9.95. The monoisotopic (exact) mass is 213 g/mol. The molecule has 1 aliphatic rings. The molecule has 3 N–H and O–H groups in total. The zero-order chi connectivity index (χ0) is 11.4. The first-order valence-electron chi connectivity index (χ1n) is 5.75. The molecule has 0 aromatic heterocycles. The minimum Gasteiger partial charge on any atom is -0.409 e. The minimum absolute atomic E-state index is 0.329. The van der Waals surface area contributed by atoms with E-state index in [1.54, 1.807) is 0 Å². The van der Waals surface area contributed by atoms with Gasteiger partial charge in [-0.2, -0.15) is 0 Å². The van der Waals surface area contributed by atoms with Gasteiger partial charge in [0.2, 0.25) is 0 Å². The van der Waals surface area contributed by atoms with E-state index < -0.39 is 0 Å². The predicted molar refractivity (Wildman–Crippen MR) is 62.0 cm³/mol. The van der Waals surface area contributed by atoms with Crippen LogP contribution >= 0.6 is 0 Å². The molecular formula is C11H23N3O. The molecule has 1 rings (SSSR count). The standard InChI is InChI=1S/C11H23N3O/c1-8(2)10-4-5-14(7-10)9(3)6-11(12)13-15/h8-10,15H,4-7H2,1-3H3,(H2,12,13). The van der Waals surface area contributed by atoms with E-state index in [4.69, 9.17) is 10.9 Å². The maximum atomic E-state index is 8.51. The second kappa shape index (κ2) is 5.35. The number of nitrogens with zero attached hydrogens (tertiary/aromatic N) is 2. The predicted octanol–water partition coefficient (Wildman–Crippen LogP) is 1.49. The van der Waals surface area contributed by atoms with Gasteiger partial charge >= 0.3 is 0 Å². The quantitative estimate of drug-likeness (QED) is 0.322. The normalized spacial score (nSPS) is 26.1. The fourth-order valence-electron chi connectivity index (χ4n) is 2.23. The number of nitrogens with two attached hydrogens (primary N) is 1. The molecular weight excluding hydrogens is 190 g/mol. The fourth-order valence-corrected chi connectivity index (χ4v) is 2.23. The minimum atomic E-state index is 0.329. The van der Waals surface area contributed by atoms with Crippen LogP contribution in [0.4, 0.5) is 0 Å². The van der Waals surface area contributed by atoms with E-state index in [0.717, 1.165) is 24.9 Å². The molecule has 1 saturated heterocycles. The van der Waals surface area contributed by atoms with Crippen molar-refractivity contribution in [2.24, 2.45) is 22.7 Å². The van der Waals surface area contributed by atoms with E-state index in [2.05, 4.69) is 30.8 Å². The highest BCUT2D eigenvalue weighted by Gasteiger charge is 2.27. The van der Waals surface area contributed by atoms with Crippen molar-refractivity contribution in [2.45, 2.75) is 39.7 Å². The first-order valence-corrected chi connectivity index (χ1v) is 5.75. The van der Waals surface area contributed by atoms with Gasteiger partial charge < -0.3 is 10.9 Å². The Hall–Kier alpha value is -0.770. The van der Waals surface area contributed by atoms with Crippen LogP contribution in [0.25, 0.3) is 0 Å². The lowest BCUT2D eigenvalue weighted by Crippen LogP contribution is -2.35. The Morgan fingerprint density at radius 3 is 2.67 bits per heavy atom. The van der Waals surface area contributed by atoms with Gasteiger partial charge in [-0.1, -0.05) is 19.0 Å². The molecule has 1 fully saturated rings. The molecule has 4 nitrogen and oxygen atoms in total. The van der Waals surface area contributed by atoms with E-state index in [0.29, 0.717) is 18.3 Å². The SMILES string of the molecule is CC(C)C1CCN(C(C)CC(N)=NO)C1. The van der Waals surface area contributed by atoms with Gasteiger partial charge in [-0.05, 0) is 31.7 Å². The Labute approximate surface area is 92.1 Å². The highest BCUT2D eigenvalue weighted by Crippen LogP contribution is 2.25. The third-order valence-corrected chi connectivity index (χ3v) is 3.46. The fraction of sp³-hybridized carbons (Fsp3) is 0.909. The summed E-state index contributed by atoms with van der Waals surface area (Å²) in [7, 11) is 0. The van der Waals surface area contributed by atoms with Crippen LogP contribution in [0.15, 0.2) is 5.16 Å². The van der Waals surface area contributed by atoms with E-state index in [1.165, 1.54) is 6.42 Å². The van der Waals surface area contributed by atoms with Crippen molar-refractivity contribution < 1.29 is 5.21 Å². The van der Waals surface area contributed by atoms with Crippen LogP contribution in [0.5, 0.6) is 0 Å². The average molecular weight is 213 g/mol. The summed E-state index contributed by atoms with van der Waals surface area (Å²) in [6.07, 6.45) is 1.93. The molecule has 88 valence electrons. The van der Waals surface area contributed by atoms with E-state index in [9.17, 15) is 0 Å². The second-order valence-corrected chi connectivity index (χ2v) is 4.93. The Kier molecular flexibility index (Phi) is 4.39. The van der Waals surface area contributed by atoms with Gasteiger partial charge in [0.1, 0.15) is 5.84 Å². The first kappa shape index (κ1) is 12.3. The van der Waals surface area contributed by atoms with E-state index >= 15 is 0 Å². The van der Waals surface area contributed by atoms with Crippen LogP contribution in [-0.4, -0.2) is 35.1 Å². The first-order chi connectivity index (χ1) is 7.04. The van der Waals surface area contributed by atoms with Crippen LogP contribution in [0.2, 0.25) is 0 Å². The summed E-state index contributed by atoms with van der Waals surface area (Å²) >= 11 is 0. The number of hydrogen-bond donors (Lipinski definition) is 2. The number of likely N-dealkylation sites (tertiary alicyclic amines) is 1. The molecule has 2 atom stereocenters. The molecule has 0 amide bonds. The summed E-state index contributed by atoms with van der Waals surface area (Å²) in [4.78, 5) is 2.43. The Balaban J connectivity index is 2.39. The third-order valence-electron chi connectivity index (χ3n) is 3.46. The van der Waals surface area contributed by atoms with Gasteiger partial charge in [0.05, 0.1) is 0 Å². The summed E-state index contributed by atoms with van der Waals surface area (Å²) in [5.41, 5.74) is 5.51. The molecule has 0 bridgehead atoms. The van der Waals surface area contributed by atoms with Crippen LogP contribution < -0.4 is 5.73 Å². The van der Waals surface area contributed by atoms with Crippen molar-refractivity contribution >= 4 is 5.84 Å². The highest BCUT2D eigenvalue weighted by molar-refractivity contribution is 5.80. The Morgan fingerprint density at radius 1 is 1.53 bits per heavy atom. The van der Waals surface area contributed by atoms with Crippen LogP contribution in [0.3, 0.4) is 0 Å². The average Bonchev–Trinajstić information content (AvgIpc) is 2.66. The molecule has 0 saturated carbocycles. The topological polar surface area (TPSA) is 61.8 Å². The van der Waals surface area contributed by atoms with Gasteiger partial charge in [-0.3, -0.25) is 4.90 Å². The molecule has 0 aromatic rings. The van der Waals surface area contributed by atoms with E-state index in [-0.39, 0.29) is 0 Å².